The number of phenols is 1. The third-order valence-electron chi connectivity index (χ3n) is 2.70. The van der Waals surface area contributed by atoms with Gasteiger partial charge in [-0.05, 0) is 31.2 Å². The third kappa shape index (κ3) is 3.73. The lowest BCUT2D eigenvalue weighted by Gasteiger charge is -2.07. The number of rotatable bonds is 5. The highest BCUT2D eigenvalue weighted by Crippen LogP contribution is 2.28. The van der Waals surface area contributed by atoms with Crippen LogP contribution in [0.25, 0.3) is 0 Å². The van der Waals surface area contributed by atoms with E-state index in [0.717, 1.165) is 0 Å². The van der Waals surface area contributed by atoms with E-state index in [9.17, 15) is 9.90 Å². The van der Waals surface area contributed by atoms with E-state index in [-0.39, 0.29) is 16.5 Å². The predicted octanol–water partition coefficient (Wildman–Crippen LogP) is 2.60. The van der Waals surface area contributed by atoms with E-state index < -0.39 is 5.91 Å². The van der Waals surface area contributed by atoms with Gasteiger partial charge in [-0.25, -0.2) is 10.4 Å². The number of aromatic hydroxyl groups is 1. The molecule has 0 aliphatic heterocycles. The fraction of sp³-hybridized carbons (Fsp3) is 0.133. The molecular weight excluding hydrogens is 306 g/mol. The van der Waals surface area contributed by atoms with Gasteiger partial charge in [-0.1, -0.05) is 17.7 Å². The Hall–Kier alpha value is -2.60. The molecule has 0 aliphatic carbocycles. The Kier molecular flexibility index (Phi) is 5.32. The number of nitrogens with one attached hydrogen (secondary N) is 1. The molecule has 0 unspecified atom stereocenters. The summed E-state index contributed by atoms with van der Waals surface area (Å²) in [5, 5.41) is 13.9. The molecule has 0 spiro atoms. The molecule has 6 nitrogen and oxygen atoms in total. The first-order valence-electron chi connectivity index (χ1n) is 6.52. The first-order valence-corrected chi connectivity index (χ1v) is 6.90. The normalized spacial score (nSPS) is 10.6. The molecule has 22 heavy (non-hydrogen) atoms. The highest BCUT2D eigenvalue weighted by Gasteiger charge is 2.10. The first kappa shape index (κ1) is 15.8. The Balaban J connectivity index is 2.09. The number of hydrogen-bond acceptors (Lipinski definition) is 5. The Labute approximate surface area is 132 Å². The Morgan fingerprint density at radius 2 is 2.27 bits per heavy atom. The number of carbonyl (C=O) groups is 1. The lowest BCUT2D eigenvalue weighted by molar-refractivity contribution is 0.0955. The molecule has 0 fully saturated rings. The zero-order valence-corrected chi connectivity index (χ0v) is 12.5. The Morgan fingerprint density at radius 3 is 3.00 bits per heavy atom. The van der Waals surface area contributed by atoms with Crippen LogP contribution in [0.2, 0.25) is 5.15 Å². The van der Waals surface area contributed by atoms with Crippen LogP contribution in [0, 0.1) is 0 Å². The van der Waals surface area contributed by atoms with Crippen molar-refractivity contribution < 1.29 is 14.6 Å². The standard InChI is InChI=1S/C15H14ClN3O3/c1-2-22-12-7-3-5-10(13(12)20)9-18-19-15(21)11-6-4-8-17-14(11)16/h3-9,20H,2H2,1H3,(H,19,21). The molecule has 0 saturated carbocycles. The zero-order chi connectivity index (χ0) is 15.9. The molecule has 7 heteroatoms. The summed E-state index contributed by atoms with van der Waals surface area (Å²) < 4.78 is 5.27. The number of hydrogen-bond donors (Lipinski definition) is 2. The molecule has 1 heterocycles. The van der Waals surface area contributed by atoms with Gasteiger partial charge >= 0.3 is 0 Å². The van der Waals surface area contributed by atoms with Crippen LogP contribution in [0.15, 0.2) is 41.6 Å². The topological polar surface area (TPSA) is 83.8 Å². The van der Waals surface area contributed by atoms with Gasteiger partial charge in [0.05, 0.1) is 18.4 Å². The van der Waals surface area contributed by atoms with E-state index in [1.165, 1.54) is 18.5 Å². The number of carbonyl (C=O) groups excluding carboxylic acids is 1. The molecule has 0 saturated heterocycles. The second-order valence-electron chi connectivity index (χ2n) is 4.17. The number of pyridine rings is 1. The van der Waals surface area contributed by atoms with Crippen LogP contribution in [0.5, 0.6) is 11.5 Å². The van der Waals surface area contributed by atoms with Crippen molar-refractivity contribution in [3.05, 3.63) is 52.8 Å². The highest BCUT2D eigenvalue weighted by atomic mass is 35.5. The molecule has 0 bridgehead atoms. The fourth-order valence-corrected chi connectivity index (χ4v) is 1.90. The number of hydrazone groups is 1. The van der Waals surface area contributed by atoms with Crippen molar-refractivity contribution in [2.45, 2.75) is 6.92 Å². The molecule has 1 aromatic heterocycles. The smallest absolute Gasteiger partial charge is 0.274 e. The Bertz CT molecular complexity index is 704. The Morgan fingerprint density at radius 1 is 1.45 bits per heavy atom. The molecule has 0 radical (unpaired) electrons. The van der Waals surface area contributed by atoms with Crippen molar-refractivity contribution in [2.24, 2.45) is 5.10 Å². The third-order valence-corrected chi connectivity index (χ3v) is 3.00. The molecule has 0 aliphatic rings. The molecule has 1 aromatic carbocycles. The van der Waals surface area contributed by atoms with Crippen LogP contribution >= 0.6 is 11.6 Å². The van der Waals surface area contributed by atoms with E-state index >= 15 is 0 Å². The largest absolute Gasteiger partial charge is 0.504 e. The van der Waals surface area contributed by atoms with E-state index in [1.54, 1.807) is 24.3 Å². The number of aromatic nitrogens is 1. The maximum absolute atomic E-state index is 11.9. The molecule has 2 rings (SSSR count). The summed E-state index contributed by atoms with van der Waals surface area (Å²) in [6.07, 6.45) is 2.81. The minimum Gasteiger partial charge on any atom is -0.504 e. The van der Waals surface area contributed by atoms with E-state index in [0.29, 0.717) is 17.9 Å². The average molecular weight is 320 g/mol. The van der Waals surface area contributed by atoms with Gasteiger partial charge in [0.1, 0.15) is 5.15 Å². The van der Waals surface area contributed by atoms with Crippen LogP contribution in [0.4, 0.5) is 0 Å². The van der Waals surface area contributed by atoms with Crippen LogP contribution in [-0.4, -0.2) is 28.8 Å². The van der Waals surface area contributed by atoms with Crippen LogP contribution in [-0.2, 0) is 0 Å². The van der Waals surface area contributed by atoms with E-state index in [2.05, 4.69) is 15.5 Å². The monoisotopic (exact) mass is 319 g/mol. The quantitative estimate of drug-likeness (QED) is 0.504. The predicted molar refractivity (Wildman–Crippen MR) is 83.6 cm³/mol. The van der Waals surface area contributed by atoms with Crippen LogP contribution < -0.4 is 10.2 Å². The van der Waals surface area contributed by atoms with Gasteiger partial charge in [0.25, 0.3) is 5.91 Å². The highest BCUT2D eigenvalue weighted by molar-refractivity contribution is 6.32. The van der Waals surface area contributed by atoms with Crippen molar-refractivity contribution in [2.75, 3.05) is 6.61 Å². The lowest BCUT2D eigenvalue weighted by atomic mass is 10.2. The summed E-state index contributed by atoms with van der Waals surface area (Å²) in [6, 6.07) is 8.13. The first-order chi connectivity index (χ1) is 10.6. The molecule has 2 aromatic rings. The fourth-order valence-electron chi connectivity index (χ4n) is 1.69. The number of benzene rings is 1. The van der Waals surface area contributed by atoms with Crippen LogP contribution in [0.1, 0.15) is 22.8 Å². The zero-order valence-electron chi connectivity index (χ0n) is 11.8. The van der Waals surface area contributed by atoms with Gasteiger partial charge in [0.15, 0.2) is 11.5 Å². The number of amides is 1. The number of halogens is 1. The summed E-state index contributed by atoms with van der Waals surface area (Å²) in [7, 11) is 0. The molecule has 0 atom stereocenters. The maximum atomic E-state index is 11.9. The van der Waals surface area contributed by atoms with Crippen molar-refractivity contribution in [1.29, 1.82) is 0 Å². The van der Waals surface area contributed by atoms with Gasteiger partial charge in [-0.2, -0.15) is 5.10 Å². The minimum atomic E-state index is -0.491. The average Bonchev–Trinajstić information content (AvgIpc) is 2.51. The SMILES string of the molecule is CCOc1cccc(C=NNC(=O)c2cccnc2Cl)c1O. The number of para-hydroxylation sites is 1. The van der Waals surface area contributed by atoms with Gasteiger partial charge < -0.3 is 9.84 Å². The summed E-state index contributed by atoms with van der Waals surface area (Å²) in [5.74, 6) is -0.176. The van der Waals surface area contributed by atoms with Gasteiger partial charge in [0.2, 0.25) is 0 Å². The second kappa shape index (κ2) is 7.42. The van der Waals surface area contributed by atoms with E-state index in [4.69, 9.17) is 16.3 Å². The molecule has 114 valence electrons. The summed E-state index contributed by atoms with van der Waals surface area (Å²) in [4.78, 5) is 15.7. The van der Waals surface area contributed by atoms with Gasteiger partial charge in [-0.15, -0.1) is 0 Å². The maximum Gasteiger partial charge on any atom is 0.274 e. The molecule has 2 N–H and O–H groups in total. The second-order valence-corrected chi connectivity index (χ2v) is 4.53. The number of nitrogens with zero attached hydrogens (tertiary/aromatic N) is 2. The van der Waals surface area contributed by atoms with Crippen molar-refractivity contribution in [3.63, 3.8) is 0 Å². The lowest BCUT2D eigenvalue weighted by Crippen LogP contribution is -2.18. The van der Waals surface area contributed by atoms with Crippen molar-refractivity contribution >= 4 is 23.7 Å². The van der Waals surface area contributed by atoms with Gasteiger partial charge in [0, 0.05) is 11.8 Å². The molecule has 1 amide bonds. The number of ether oxygens (including phenoxy) is 1. The summed E-state index contributed by atoms with van der Waals surface area (Å²) in [5.41, 5.74) is 2.96. The summed E-state index contributed by atoms with van der Waals surface area (Å²) >= 11 is 5.82. The summed E-state index contributed by atoms with van der Waals surface area (Å²) in [6.45, 7) is 2.25. The molecular formula is C15H14ClN3O3. The van der Waals surface area contributed by atoms with Gasteiger partial charge in [-0.3, -0.25) is 4.79 Å². The van der Waals surface area contributed by atoms with Crippen LogP contribution in [0.3, 0.4) is 0 Å². The number of phenolic OH excluding ortho intramolecular Hbond substituents is 1. The van der Waals surface area contributed by atoms with Crippen molar-refractivity contribution in [1.82, 2.24) is 10.4 Å². The van der Waals surface area contributed by atoms with Crippen molar-refractivity contribution in [3.8, 4) is 11.5 Å². The minimum absolute atomic E-state index is 0.0400. The van der Waals surface area contributed by atoms with E-state index in [1.807, 2.05) is 6.92 Å².